The Morgan fingerprint density at radius 3 is 2.52 bits per heavy atom. The van der Waals surface area contributed by atoms with Gasteiger partial charge in [-0.2, -0.15) is 0 Å². The molecule has 33 heavy (non-hydrogen) atoms. The first-order chi connectivity index (χ1) is 15.9. The third-order valence-electron chi connectivity index (χ3n) is 5.58. The molecule has 0 saturated heterocycles. The fourth-order valence-electron chi connectivity index (χ4n) is 4.07. The van der Waals surface area contributed by atoms with Crippen LogP contribution in [0.3, 0.4) is 0 Å². The van der Waals surface area contributed by atoms with Crippen molar-refractivity contribution in [3.63, 3.8) is 0 Å². The first-order valence-corrected chi connectivity index (χ1v) is 9.87. The summed E-state index contributed by atoms with van der Waals surface area (Å²) in [6, 6.07) is 14.8. The molecule has 1 aliphatic heterocycles. The topological polar surface area (TPSA) is 103 Å². The van der Waals surface area contributed by atoms with Gasteiger partial charge in [0.15, 0.2) is 5.43 Å². The van der Waals surface area contributed by atoms with Gasteiger partial charge < -0.3 is 9.15 Å². The second kappa shape index (κ2) is 7.56. The lowest BCUT2D eigenvalue weighted by Crippen LogP contribution is -2.29. The largest absolute Gasteiger partial charge is 0.497 e. The number of ether oxygens (including phenoxy) is 1. The van der Waals surface area contributed by atoms with Gasteiger partial charge >= 0.3 is 0 Å². The smallest absolute Gasteiger partial charge is 0.295 e. The van der Waals surface area contributed by atoms with Crippen molar-refractivity contribution in [3.05, 3.63) is 110 Å². The number of rotatable bonds is 4. The molecule has 0 N–H and O–H groups in total. The molecule has 0 aliphatic carbocycles. The standard InChI is InChI=1S/C24H15FN2O6/c1-32-17-4-2-3-16(12-17)26-21(13-5-8-15(9-6-13)27(30)31)20-22(28)18-11-14(25)7-10-19(18)33-23(20)24(26)29/h2-12,21H,1H3. The predicted octanol–water partition coefficient (Wildman–Crippen LogP) is 4.60. The number of nitro benzene ring substituents is 1. The van der Waals surface area contributed by atoms with Crippen LogP contribution in [0.25, 0.3) is 11.0 Å². The maximum atomic E-state index is 13.9. The average Bonchev–Trinajstić information content (AvgIpc) is 3.12. The summed E-state index contributed by atoms with van der Waals surface area (Å²) >= 11 is 0. The number of non-ortho nitro benzene ring substituents is 1. The summed E-state index contributed by atoms with van der Waals surface area (Å²) in [6.07, 6.45) is 0. The molecule has 1 aliphatic rings. The summed E-state index contributed by atoms with van der Waals surface area (Å²) in [7, 11) is 1.49. The van der Waals surface area contributed by atoms with Gasteiger partial charge in [0.25, 0.3) is 11.6 Å². The number of fused-ring (bicyclic) bond motifs is 2. The zero-order valence-corrected chi connectivity index (χ0v) is 17.2. The van der Waals surface area contributed by atoms with Crippen molar-refractivity contribution in [2.24, 2.45) is 0 Å². The minimum Gasteiger partial charge on any atom is -0.497 e. The SMILES string of the molecule is COc1cccc(N2C(=O)c3oc4ccc(F)cc4c(=O)c3C2c2ccc([N+](=O)[O-])cc2)c1. The van der Waals surface area contributed by atoms with Gasteiger partial charge in [-0.05, 0) is 48.0 Å². The van der Waals surface area contributed by atoms with Gasteiger partial charge in [-0.25, -0.2) is 4.39 Å². The number of halogens is 1. The van der Waals surface area contributed by atoms with Crippen molar-refractivity contribution >= 4 is 28.3 Å². The molecule has 1 atom stereocenters. The van der Waals surface area contributed by atoms with Gasteiger partial charge in [0, 0.05) is 23.9 Å². The Kier molecular flexibility index (Phi) is 4.67. The van der Waals surface area contributed by atoms with Crippen LogP contribution in [0.15, 0.2) is 75.9 Å². The van der Waals surface area contributed by atoms with E-state index in [9.17, 15) is 24.1 Å². The number of hydrogen-bond donors (Lipinski definition) is 0. The molecule has 0 saturated carbocycles. The number of anilines is 1. The van der Waals surface area contributed by atoms with Crippen molar-refractivity contribution in [2.45, 2.75) is 6.04 Å². The molecule has 1 unspecified atom stereocenters. The zero-order valence-electron chi connectivity index (χ0n) is 17.2. The molecule has 3 aromatic carbocycles. The van der Waals surface area contributed by atoms with Crippen molar-refractivity contribution in [3.8, 4) is 5.75 Å². The number of nitro groups is 1. The summed E-state index contributed by atoms with van der Waals surface area (Å²) in [5.41, 5.74) is 0.331. The van der Waals surface area contributed by atoms with E-state index in [1.807, 2.05) is 0 Å². The number of nitrogens with zero attached hydrogens (tertiary/aromatic N) is 2. The van der Waals surface area contributed by atoms with Gasteiger partial charge in [-0.3, -0.25) is 24.6 Å². The second-order valence-corrected chi connectivity index (χ2v) is 7.44. The van der Waals surface area contributed by atoms with Crippen LogP contribution >= 0.6 is 0 Å². The van der Waals surface area contributed by atoms with E-state index in [-0.39, 0.29) is 28.0 Å². The normalized spacial score (nSPS) is 15.0. The zero-order chi connectivity index (χ0) is 23.3. The molecule has 1 amide bonds. The molecule has 0 fully saturated rings. The van der Waals surface area contributed by atoms with Crippen molar-refractivity contribution in [1.82, 2.24) is 0 Å². The molecule has 2 heterocycles. The van der Waals surface area contributed by atoms with Crippen LogP contribution < -0.4 is 15.1 Å². The fourth-order valence-corrected chi connectivity index (χ4v) is 4.07. The third-order valence-corrected chi connectivity index (χ3v) is 5.58. The lowest BCUT2D eigenvalue weighted by Gasteiger charge is -2.25. The Labute approximate surface area is 185 Å². The number of carbonyl (C=O) groups excluding carboxylic acids is 1. The molecular formula is C24H15FN2O6. The van der Waals surface area contributed by atoms with E-state index >= 15 is 0 Å². The van der Waals surface area contributed by atoms with Crippen LogP contribution in [0.1, 0.15) is 27.7 Å². The number of hydrogen-bond acceptors (Lipinski definition) is 6. The molecule has 1 aromatic heterocycles. The lowest BCUT2D eigenvalue weighted by molar-refractivity contribution is -0.384. The van der Waals surface area contributed by atoms with E-state index in [1.165, 1.54) is 42.3 Å². The first kappa shape index (κ1) is 20.4. The van der Waals surface area contributed by atoms with E-state index in [4.69, 9.17) is 9.15 Å². The Morgan fingerprint density at radius 2 is 1.82 bits per heavy atom. The van der Waals surface area contributed by atoms with E-state index < -0.39 is 28.1 Å². The highest BCUT2D eigenvalue weighted by molar-refractivity contribution is 6.10. The maximum absolute atomic E-state index is 13.9. The van der Waals surface area contributed by atoms with E-state index in [0.29, 0.717) is 17.0 Å². The summed E-state index contributed by atoms with van der Waals surface area (Å²) < 4.78 is 24.9. The van der Waals surface area contributed by atoms with E-state index in [1.54, 1.807) is 24.3 Å². The van der Waals surface area contributed by atoms with Crippen molar-refractivity contribution in [2.75, 3.05) is 12.0 Å². The third kappa shape index (κ3) is 3.21. The van der Waals surface area contributed by atoms with Crippen LogP contribution in [-0.4, -0.2) is 17.9 Å². The van der Waals surface area contributed by atoms with Crippen LogP contribution in [0.4, 0.5) is 15.8 Å². The Morgan fingerprint density at radius 1 is 1.06 bits per heavy atom. The highest BCUT2D eigenvalue weighted by Gasteiger charge is 2.43. The van der Waals surface area contributed by atoms with Gasteiger partial charge in [-0.1, -0.05) is 6.07 Å². The highest BCUT2D eigenvalue weighted by atomic mass is 19.1. The van der Waals surface area contributed by atoms with Gasteiger partial charge in [0.1, 0.15) is 17.1 Å². The number of benzene rings is 3. The Balaban J connectivity index is 1.79. The van der Waals surface area contributed by atoms with Crippen LogP contribution in [-0.2, 0) is 0 Å². The molecule has 5 rings (SSSR count). The van der Waals surface area contributed by atoms with Gasteiger partial charge in [-0.15, -0.1) is 0 Å². The molecule has 164 valence electrons. The number of amides is 1. The van der Waals surface area contributed by atoms with Crippen LogP contribution in [0.5, 0.6) is 5.75 Å². The molecule has 0 spiro atoms. The van der Waals surface area contributed by atoms with Crippen molar-refractivity contribution < 1.29 is 23.3 Å². The molecule has 9 heteroatoms. The second-order valence-electron chi connectivity index (χ2n) is 7.44. The summed E-state index contributed by atoms with van der Waals surface area (Å²) in [4.78, 5) is 38.9. The maximum Gasteiger partial charge on any atom is 0.295 e. The first-order valence-electron chi connectivity index (χ1n) is 9.87. The highest BCUT2D eigenvalue weighted by Crippen LogP contribution is 2.42. The molecule has 8 nitrogen and oxygen atoms in total. The fraction of sp³-hybridized carbons (Fsp3) is 0.0833. The summed E-state index contributed by atoms with van der Waals surface area (Å²) in [6.45, 7) is 0. The predicted molar refractivity (Wildman–Crippen MR) is 117 cm³/mol. The summed E-state index contributed by atoms with van der Waals surface area (Å²) in [5.74, 6) is -0.851. The minimum atomic E-state index is -0.940. The monoisotopic (exact) mass is 446 g/mol. The molecular weight excluding hydrogens is 431 g/mol. The Hall–Kier alpha value is -4.53. The van der Waals surface area contributed by atoms with Crippen LogP contribution in [0, 0.1) is 15.9 Å². The van der Waals surface area contributed by atoms with Crippen molar-refractivity contribution in [1.29, 1.82) is 0 Å². The molecule has 0 bridgehead atoms. The average molecular weight is 446 g/mol. The molecule has 4 aromatic rings. The van der Waals surface area contributed by atoms with E-state index in [0.717, 1.165) is 12.1 Å². The Bertz CT molecular complexity index is 1500. The van der Waals surface area contributed by atoms with Gasteiger partial charge in [0.2, 0.25) is 5.76 Å². The quantitative estimate of drug-likeness (QED) is 0.335. The van der Waals surface area contributed by atoms with Gasteiger partial charge in [0.05, 0.1) is 29.0 Å². The lowest BCUT2D eigenvalue weighted by atomic mass is 9.98. The minimum absolute atomic E-state index is 0.000883. The van der Waals surface area contributed by atoms with Crippen LogP contribution in [0.2, 0.25) is 0 Å². The summed E-state index contributed by atoms with van der Waals surface area (Å²) in [5, 5.41) is 11.1. The molecule has 0 radical (unpaired) electrons. The number of methoxy groups -OCH3 is 1. The number of carbonyl (C=O) groups is 1. The van der Waals surface area contributed by atoms with E-state index in [2.05, 4.69) is 0 Å².